The van der Waals surface area contributed by atoms with Crippen LogP contribution in [0.3, 0.4) is 0 Å². The van der Waals surface area contributed by atoms with Crippen molar-refractivity contribution in [3.05, 3.63) is 0 Å². The summed E-state index contributed by atoms with van der Waals surface area (Å²) >= 11 is 0. The number of hydroxylamine groups is 1. The number of nitrogens with one attached hydrogen (secondary N) is 1. The molecule has 0 unspecified atom stereocenters. The number of hydrogen-bond acceptors (Lipinski definition) is 2. The van der Waals surface area contributed by atoms with Crippen LogP contribution in [0.4, 0.5) is 0 Å². The Kier molecular flexibility index (Phi) is 1.54. The van der Waals surface area contributed by atoms with E-state index in [-0.39, 0.29) is 0 Å². The molecule has 0 atom stereocenters. The van der Waals surface area contributed by atoms with Gasteiger partial charge in [-0.2, -0.15) is 0 Å². The van der Waals surface area contributed by atoms with E-state index in [1.165, 1.54) is 6.42 Å². The molecule has 1 N–H and O–H groups in total. The lowest BCUT2D eigenvalue weighted by atomic mass is 9.89. The molecule has 2 nitrogen and oxygen atoms in total. The van der Waals surface area contributed by atoms with Crippen molar-refractivity contribution in [3.63, 3.8) is 0 Å². The normalized spacial score (nSPS) is 27.8. The van der Waals surface area contributed by atoms with Crippen LogP contribution in [0.1, 0.15) is 20.3 Å². The predicted molar refractivity (Wildman–Crippen MR) is 32.4 cm³/mol. The van der Waals surface area contributed by atoms with Crippen LogP contribution in [0.5, 0.6) is 0 Å². The second-order valence-corrected chi connectivity index (χ2v) is 3.08. The fraction of sp³-hybridized carbons (Fsp3) is 1.00. The second kappa shape index (κ2) is 2.03. The van der Waals surface area contributed by atoms with E-state index < -0.39 is 0 Å². The molecule has 0 radical (unpaired) electrons. The summed E-state index contributed by atoms with van der Waals surface area (Å²) in [5.41, 5.74) is 3.32. The van der Waals surface area contributed by atoms with Crippen LogP contribution in [0.15, 0.2) is 0 Å². The van der Waals surface area contributed by atoms with Gasteiger partial charge in [0.05, 0.1) is 6.61 Å². The average Bonchev–Trinajstić information content (AvgIpc) is 1.65. The zero-order valence-electron chi connectivity index (χ0n) is 5.53. The van der Waals surface area contributed by atoms with E-state index in [2.05, 4.69) is 19.3 Å². The van der Waals surface area contributed by atoms with Crippen molar-refractivity contribution in [3.8, 4) is 0 Å². The van der Waals surface area contributed by atoms with Gasteiger partial charge < -0.3 is 4.84 Å². The Bertz CT molecular complexity index is 72.6. The third kappa shape index (κ3) is 1.46. The summed E-state index contributed by atoms with van der Waals surface area (Å²) in [4.78, 5) is 4.96. The van der Waals surface area contributed by atoms with Crippen LogP contribution < -0.4 is 5.48 Å². The molecule has 0 aromatic heterocycles. The Morgan fingerprint density at radius 2 is 2.25 bits per heavy atom. The van der Waals surface area contributed by atoms with Crippen LogP contribution in [0.2, 0.25) is 0 Å². The van der Waals surface area contributed by atoms with Crippen LogP contribution in [0, 0.1) is 5.41 Å². The number of hydrogen-bond donors (Lipinski definition) is 1. The van der Waals surface area contributed by atoms with E-state index in [1.54, 1.807) is 0 Å². The first-order chi connectivity index (χ1) is 3.71. The van der Waals surface area contributed by atoms with Gasteiger partial charge in [-0.3, -0.25) is 0 Å². The third-order valence-electron chi connectivity index (χ3n) is 1.53. The van der Waals surface area contributed by atoms with Gasteiger partial charge in [-0.05, 0) is 11.8 Å². The molecule has 0 aliphatic carbocycles. The molecule has 48 valence electrons. The standard InChI is InChI=1S/C6H13NO/c1-6(2)3-4-8-7-5-6/h7H,3-5H2,1-2H3. The molecule has 0 amide bonds. The zero-order valence-corrected chi connectivity index (χ0v) is 5.53. The summed E-state index contributed by atoms with van der Waals surface area (Å²) < 4.78 is 0. The van der Waals surface area contributed by atoms with E-state index in [1.807, 2.05) is 0 Å². The Balaban J connectivity index is 2.33. The van der Waals surface area contributed by atoms with E-state index in [0.29, 0.717) is 5.41 Å². The highest BCUT2D eigenvalue weighted by molar-refractivity contribution is 4.71. The topological polar surface area (TPSA) is 21.3 Å². The molecule has 1 aliphatic rings. The molecule has 1 fully saturated rings. The molecule has 0 aromatic carbocycles. The summed E-state index contributed by atoms with van der Waals surface area (Å²) in [6.07, 6.45) is 1.17. The monoisotopic (exact) mass is 115 g/mol. The lowest BCUT2D eigenvalue weighted by Crippen LogP contribution is -2.36. The molecule has 1 rings (SSSR count). The fourth-order valence-corrected chi connectivity index (χ4v) is 0.734. The molecule has 0 spiro atoms. The summed E-state index contributed by atoms with van der Waals surface area (Å²) in [6, 6.07) is 0. The maximum Gasteiger partial charge on any atom is 0.0687 e. The van der Waals surface area contributed by atoms with Gasteiger partial charge >= 0.3 is 0 Å². The van der Waals surface area contributed by atoms with Crippen molar-refractivity contribution >= 4 is 0 Å². The van der Waals surface area contributed by atoms with Gasteiger partial charge in [-0.1, -0.05) is 13.8 Å². The minimum Gasteiger partial charge on any atom is -0.302 e. The van der Waals surface area contributed by atoms with Crippen molar-refractivity contribution in [1.29, 1.82) is 0 Å². The Morgan fingerprint density at radius 3 is 2.50 bits per heavy atom. The van der Waals surface area contributed by atoms with Gasteiger partial charge in [-0.15, -0.1) is 0 Å². The van der Waals surface area contributed by atoms with Crippen molar-refractivity contribution in [2.45, 2.75) is 20.3 Å². The van der Waals surface area contributed by atoms with E-state index in [4.69, 9.17) is 4.84 Å². The maximum absolute atomic E-state index is 4.96. The predicted octanol–water partition coefficient (Wildman–Crippen LogP) is 0.938. The summed E-state index contributed by atoms with van der Waals surface area (Å²) in [5, 5.41) is 0. The van der Waals surface area contributed by atoms with E-state index in [0.717, 1.165) is 13.2 Å². The molecule has 1 saturated heterocycles. The van der Waals surface area contributed by atoms with Gasteiger partial charge in [0.1, 0.15) is 0 Å². The molecule has 0 saturated carbocycles. The van der Waals surface area contributed by atoms with Crippen molar-refractivity contribution < 1.29 is 4.84 Å². The second-order valence-electron chi connectivity index (χ2n) is 3.08. The number of rotatable bonds is 0. The minimum absolute atomic E-state index is 0.443. The Hall–Kier alpha value is -0.0800. The van der Waals surface area contributed by atoms with Gasteiger partial charge in [0.15, 0.2) is 0 Å². The highest BCUT2D eigenvalue weighted by Gasteiger charge is 2.20. The summed E-state index contributed by atoms with van der Waals surface area (Å²) in [6.45, 7) is 6.31. The lowest BCUT2D eigenvalue weighted by Gasteiger charge is -2.29. The first-order valence-electron chi connectivity index (χ1n) is 3.05. The maximum atomic E-state index is 4.96. The van der Waals surface area contributed by atoms with E-state index in [9.17, 15) is 0 Å². The van der Waals surface area contributed by atoms with Crippen LogP contribution in [-0.4, -0.2) is 13.2 Å². The summed E-state index contributed by atoms with van der Waals surface area (Å²) in [5.74, 6) is 0. The first kappa shape index (κ1) is 6.05. The molecule has 0 bridgehead atoms. The van der Waals surface area contributed by atoms with Crippen molar-refractivity contribution in [2.24, 2.45) is 5.41 Å². The highest BCUT2D eigenvalue weighted by atomic mass is 16.6. The Labute approximate surface area is 50.2 Å². The molecule has 1 heterocycles. The zero-order chi connectivity index (χ0) is 6.04. The quantitative estimate of drug-likeness (QED) is 0.507. The molecule has 8 heavy (non-hydrogen) atoms. The van der Waals surface area contributed by atoms with Crippen molar-refractivity contribution in [1.82, 2.24) is 5.48 Å². The lowest BCUT2D eigenvalue weighted by molar-refractivity contribution is -0.0343. The third-order valence-corrected chi connectivity index (χ3v) is 1.53. The highest BCUT2D eigenvalue weighted by Crippen LogP contribution is 2.20. The minimum atomic E-state index is 0.443. The SMILES string of the molecule is CC1(C)CCONC1. The average molecular weight is 115 g/mol. The van der Waals surface area contributed by atoms with Gasteiger partial charge in [0, 0.05) is 6.54 Å². The fourth-order valence-electron chi connectivity index (χ4n) is 0.734. The largest absolute Gasteiger partial charge is 0.302 e. The smallest absolute Gasteiger partial charge is 0.0687 e. The Morgan fingerprint density at radius 1 is 1.50 bits per heavy atom. The van der Waals surface area contributed by atoms with Gasteiger partial charge in [0.2, 0.25) is 0 Å². The summed E-state index contributed by atoms with van der Waals surface area (Å²) in [7, 11) is 0. The first-order valence-corrected chi connectivity index (χ1v) is 3.05. The van der Waals surface area contributed by atoms with Crippen molar-refractivity contribution in [2.75, 3.05) is 13.2 Å². The van der Waals surface area contributed by atoms with Gasteiger partial charge in [-0.25, -0.2) is 5.48 Å². The molecular weight excluding hydrogens is 102 g/mol. The van der Waals surface area contributed by atoms with E-state index >= 15 is 0 Å². The molecule has 1 aliphatic heterocycles. The molecule has 0 aromatic rings. The van der Waals surface area contributed by atoms with Crippen LogP contribution in [0.25, 0.3) is 0 Å². The van der Waals surface area contributed by atoms with Crippen LogP contribution >= 0.6 is 0 Å². The van der Waals surface area contributed by atoms with Crippen LogP contribution in [-0.2, 0) is 4.84 Å². The van der Waals surface area contributed by atoms with Gasteiger partial charge in [0.25, 0.3) is 0 Å². The molecule has 2 heteroatoms. The molecular formula is C6H13NO.